The summed E-state index contributed by atoms with van der Waals surface area (Å²) in [6.07, 6.45) is 7.93. The van der Waals surface area contributed by atoms with Crippen molar-refractivity contribution in [1.82, 2.24) is 41.1 Å². The lowest BCUT2D eigenvalue weighted by Crippen LogP contribution is -2.58. The molecule has 5 amide bonds. The van der Waals surface area contributed by atoms with Crippen LogP contribution in [0.15, 0.2) is 54.2 Å². The Bertz CT molecular complexity index is 2570. The summed E-state index contributed by atoms with van der Waals surface area (Å²) in [4.78, 5) is 87.0. The molecule has 1 saturated carbocycles. The molecule has 20 nitrogen and oxygen atoms in total. The lowest BCUT2D eigenvalue weighted by Gasteiger charge is -2.43. The van der Waals surface area contributed by atoms with E-state index in [9.17, 15) is 24.0 Å². The van der Waals surface area contributed by atoms with E-state index in [1.807, 2.05) is 64.4 Å². The fourth-order valence-electron chi connectivity index (χ4n) is 9.72. The number of likely N-dealkylation sites (N-methyl/N-ethyl adjacent to an activating group) is 1. The van der Waals surface area contributed by atoms with Gasteiger partial charge in [-0.2, -0.15) is 4.98 Å². The number of methoxy groups -OCH3 is 1. The highest BCUT2D eigenvalue weighted by Crippen LogP contribution is 2.40. The van der Waals surface area contributed by atoms with Crippen LogP contribution in [0.3, 0.4) is 0 Å². The van der Waals surface area contributed by atoms with Crippen LogP contribution >= 0.6 is 11.3 Å². The van der Waals surface area contributed by atoms with Gasteiger partial charge in [0.1, 0.15) is 29.6 Å². The van der Waals surface area contributed by atoms with E-state index in [2.05, 4.69) is 41.5 Å². The Morgan fingerprint density at radius 3 is 2.25 bits per heavy atom. The summed E-state index contributed by atoms with van der Waals surface area (Å²) in [7, 11) is 3.31. The van der Waals surface area contributed by atoms with Crippen molar-refractivity contribution in [1.29, 1.82) is 0 Å². The first-order chi connectivity index (χ1) is 36.2. The molecule has 3 atom stereocenters. The second-order valence-electron chi connectivity index (χ2n) is 20.1. The van der Waals surface area contributed by atoms with Crippen molar-refractivity contribution in [2.45, 2.75) is 110 Å². The molecular weight excluding hydrogens is 979 g/mol. The summed E-state index contributed by atoms with van der Waals surface area (Å²) in [6.45, 7) is 13.2. The molecule has 1 saturated heterocycles. The molecule has 3 aliphatic rings. The number of aromatic nitrogens is 3. The second kappa shape index (κ2) is 27.0. The zero-order valence-corrected chi connectivity index (χ0v) is 45.3. The highest BCUT2D eigenvalue weighted by Gasteiger charge is 2.43. The van der Waals surface area contributed by atoms with Gasteiger partial charge in [0.05, 0.1) is 81.3 Å². The quantitative estimate of drug-likeness (QED) is 0.0498. The molecule has 4 aromatic rings. The van der Waals surface area contributed by atoms with Gasteiger partial charge in [-0.15, -0.1) is 11.3 Å². The van der Waals surface area contributed by atoms with Gasteiger partial charge in [0.25, 0.3) is 5.91 Å². The molecule has 0 radical (unpaired) electrons. The predicted molar refractivity (Wildman–Crippen MR) is 288 cm³/mol. The van der Waals surface area contributed by atoms with Gasteiger partial charge in [-0.05, 0) is 73.8 Å². The van der Waals surface area contributed by atoms with Crippen LogP contribution in [0.25, 0.3) is 10.4 Å². The number of carbonyl (C=O) groups excluding carboxylic acids is 5. The smallest absolute Gasteiger partial charge is 0.251 e. The number of hydrogen-bond donors (Lipinski definition) is 5. The molecule has 2 fully saturated rings. The maximum atomic E-state index is 13.9. The molecular formula is C54H75N11O9S. The van der Waals surface area contributed by atoms with Gasteiger partial charge in [0, 0.05) is 44.8 Å². The minimum Gasteiger partial charge on any atom is -0.495 e. The van der Waals surface area contributed by atoms with Crippen molar-refractivity contribution < 1.29 is 42.9 Å². The van der Waals surface area contributed by atoms with Gasteiger partial charge in [0.2, 0.25) is 29.6 Å². The number of likely N-dealkylation sites (tertiary alicyclic amines) is 1. The molecule has 2 aliphatic heterocycles. The third kappa shape index (κ3) is 14.8. The first-order valence-electron chi connectivity index (χ1n) is 26.2. The summed E-state index contributed by atoms with van der Waals surface area (Å²) >= 11 is 1.59. The first kappa shape index (κ1) is 56.5. The Kier molecular flexibility index (Phi) is 20.3. The van der Waals surface area contributed by atoms with E-state index in [4.69, 9.17) is 23.9 Å². The zero-order valence-electron chi connectivity index (χ0n) is 44.5. The largest absolute Gasteiger partial charge is 0.495 e. The molecule has 2 aromatic heterocycles. The minimum absolute atomic E-state index is 0.00386. The van der Waals surface area contributed by atoms with E-state index in [0.717, 1.165) is 53.2 Å². The molecule has 7 rings (SSSR count). The Morgan fingerprint density at radius 1 is 0.880 bits per heavy atom. The van der Waals surface area contributed by atoms with Crippen LogP contribution < -0.4 is 41.1 Å². The van der Waals surface area contributed by atoms with E-state index < -0.39 is 17.5 Å². The number of thiazole rings is 1. The average Bonchev–Trinajstić information content (AvgIpc) is 4.22. The van der Waals surface area contributed by atoms with Crippen molar-refractivity contribution in [3.63, 3.8) is 0 Å². The van der Waals surface area contributed by atoms with Gasteiger partial charge in [-0.1, -0.05) is 64.8 Å². The molecule has 1 aliphatic carbocycles. The fraction of sp³-hybridized carbons (Fsp3) is 0.556. The number of rotatable bonds is 26. The van der Waals surface area contributed by atoms with Crippen LogP contribution in [-0.4, -0.2) is 154 Å². The number of carbonyl (C=O) groups is 5. The molecule has 0 bridgehead atoms. The van der Waals surface area contributed by atoms with Crippen LogP contribution in [0.4, 0.5) is 23.1 Å². The summed E-state index contributed by atoms with van der Waals surface area (Å²) < 4.78 is 22.5. The number of ether oxygens (including phenoxy) is 4. The number of amides is 5. The first-order valence-corrected chi connectivity index (χ1v) is 27.0. The van der Waals surface area contributed by atoms with E-state index in [0.29, 0.717) is 114 Å². The topological polar surface area (TPSA) is 231 Å². The number of fused-ring (bicyclic) bond motifs is 1. The van der Waals surface area contributed by atoms with Gasteiger partial charge >= 0.3 is 0 Å². The van der Waals surface area contributed by atoms with Crippen LogP contribution in [-0.2, 0) is 39.9 Å². The third-order valence-electron chi connectivity index (χ3n) is 13.8. The molecule has 406 valence electrons. The standard InChI is InChI=1S/C54H75N11O9S/c1-8-41-51(69)63(6)43-32-58-53(62-48(43)65(41)39-12-9-10-13-39)60-40-20-19-38(30-44(40)71-7)49(67)56-22-25-73-27-29-74-28-26-72-24-21-55-33-45(66)61-47(54(3,4)5)52(70)64-23-11-14-42(64)50(68)57-31-36-15-17-37(18-16-36)46-35(2)59-34-75-46/h15-20,30,32,34,39,41-42,47,55H,8-14,21-29,31,33H2,1-7H3,(H,56,67)(H,57,68)(H,61,66)(H,58,60,62)/t41-,42+,47?/m1/s1. The molecule has 21 heteroatoms. The number of nitrogens with one attached hydrogen (secondary N) is 5. The summed E-state index contributed by atoms with van der Waals surface area (Å²) in [5.74, 6) is 0.524. The number of aryl methyl sites for hydroxylation is 1. The number of hydrogen-bond acceptors (Lipinski definition) is 16. The van der Waals surface area contributed by atoms with Gasteiger partial charge in [-0.25, -0.2) is 9.97 Å². The Hall–Kier alpha value is -6.26. The summed E-state index contributed by atoms with van der Waals surface area (Å²) in [5, 5.41) is 15.1. The summed E-state index contributed by atoms with van der Waals surface area (Å²) in [5.41, 5.74) is 5.95. The minimum atomic E-state index is -0.818. The van der Waals surface area contributed by atoms with E-state index in [1.165, 1.54) is 7.11 Å². The van der Waals surface area contributed by atoms with Crippen molar-refractivity contribution >= 4 is 64.0 Å². The molecule has 1 unspecified atom stereocenters. The molecule has 75 heavy (non-hydrogen) atoms. The van der Waals surface area contributed by atoms with Crippen molar-refractivity contribution in [3.05, 3.63) is 71.0 Å². The van der Waals surface area contributed by atoms with Gasteiger partial charge in [-0.3, -0.25) is 24.0 Å². The molecule has 5 N–H and O–H groups in total. The second-order valence-corrected chi connectivity index (χ2v) is 21.0. The highest BCUT2D eigenvalue weighted by molar-refractivity contribution is 7.13. The normalized spacial score (nSPS) is 17.2. The van der Waals surface area contributed by atoms with Gasteiger partial charge in [0.15, 0.2) is 5.82 Å². The Labute approximate surface area is 444 Å². The van der Waals surface area contributed by atoms with Gasteiger partial charge < -0.3 is 60.2 Å². The van der Waals surface area contributed by atoms with E-state index in [-0.39, 0.29) is 48.2 Å². The Balaban J connectivity index is 0.732. The van der Waals surface area contributed by atoms with E-state index in [1.54, 1.807) is 52.6 Å². The van der Waals surface area contributed by atoms with Crippen LogP contribution in [0.5, 0.6) is 5.75 Å². The lowest BCUT2D eigenvalue weighted by atomic mass is 9.85. The highest BCUT2D eigenvalue weighted by atomic mass is 32.1. The maximum Gasteiger partial charge on any atom is 0.251 e. The molecule has 2 aromatic carbocycles. The monoisotopic (exact) mass is 1050 g/mol. The van der Waals surface area contributed by atoms with Crippen LogP contribution in [0.1, 0.15) is 94.3 Å². The van der Waals surface area contributed by atoms with Crippen LogP contribution in [0.2, 0.25) is 0 Å². The number of benzene rings is 2. The summed E-state index contributed by atoms with van der Waals surface area (Å²) in [6, 6.07) is 11.7. The van der Waals surface area contributed by atoms with Crippen molar-refractivity contribution in [2.75, 3.05) is 95.1 Å². The fourth-order valence-corrected chi connectivity index (χ4v) is 10.5. The Morgan fingerprint density at radius 2 is 1.59 bits per heavy atom. The van der Waals surface area contributed by atoms with Crippen LogP contribution in [0, 0.1) is 12.3 Å². The average molecular weight is 1050 g/mol. The maximum absolute atomic E-state index is 13.9. The van der Waals surface area contributed by atoms with Crippen molar-refractivity contribution in [3.8, 4) is 16.2 Å². The third-order valence-corrected chi connectivity index (χ3v) is 14.8. The van der Waals surface area contributed by atoms with Crippen molar-refractivity contribution in [2.24, 2.45) is 5.41 Å². The number of nitrogens with zero attached hydrogens (tertiary/aromatic N) is 6. The van der Waals surface area contributed by atoms with E-state index >= 15 is 0 Å². The molecule has 0 spiro atoms. The lowest BCUT2D eigenvalue weighted by molar-refractivity contribution is -0.143. The SMILES string of the molecule is CC[C@@H]1C(=O)N(C)c2cnc(Nc3ccc(C(=O)NCCOCCOCCOCCNCC(=O)NC(C(=O)N4CCC[C@H]4C(=O)NCc4ccc(-c5scnc5C)cc4)C(C)(C)C)cc3OC)nc2N1C1CCCC1. The molecule has 4 heterocycles. The zero-order chi connectivity index (χ0) is 53.5. The number of anilines is 4. The predicted octanol–water partition coefficient (Wildman–Crippen LogP) is 5.37.